The highest BCUT2D eigenvalue weighted by Crippen LogP contribution is 2.25. The quantitative estimate of drug-likeness (QED) is 0.681. The summed E-state index contributed by atoms with van der Waals surface area (Å²) in [6.45, 7) is 2.07. The maximum atomic E-state index is 11.8. The van der Waals surface area contributed by atoms with E-state index >= 15 is 0 Å². The zero-order valence-corrected chi connectivity index (χ0v) is 11.9. The topological polar surface area (TPSA) is 65.9 Å². The average molecular weight is 354 g/mol. The average Bonchev–Trinajstić information content (AvgIpc) is 2.68. The highest BCUT2D eigenvalue weighted by atomic mass is 127. The lowest BCUT2D eigenvalue weighted by atomic mass is 10.1. The molecule has 5 heteroatoms. The minimum Gasteiger partial charge on any atom is -0.461 e. The van der Waals surface area contributed by atoms with Crippen LogP contribution < -0.4 is 0 Å². The summed E-state index contributed by atoms with van der Waals surface area (Å²) in [4.78, 5) is 14.9. The molecule has 0 aliphatic rings. The third-order valence-electron chi connectivity index (χ3n) is 2.60. The fraction of sp³-hybridized carbons (Fsp3) is 0.231. The summed E-state index contributed by atoms with van der Waals surface area (Å²) in [6, 6.07) is 7.90. The van der Waals surface area contributed by atoms with E-state index in [-0.39, 0.29) is 6.42 Å². The van der Waals surface area contributed by atoms with Gasteiger partial charge in [-0.15, -0.1) is 0 Å². The Bertz CT molecular complexity index is 640. The number of esters is 1. The molecule has 1 heterocycles. The smallest absolute Gasteiger partial charge is 0.355 e. The number of carbonyl (C=O) groups is 1. The van der Waals surface area contributed by atoms with E-state index in [2.05, 4.69) is 33.6 Å². The van der Waals surface area contributed by atoms with Crippen LogP contribution in [0.2, 0.25) is 0 Å². The lowest BCUT2D eigenvalue weighted by Crippen LogP contribution is -2.07. The van der Waals surface area contributed by atoms with Gasteiger partial charge in [-0.3, -0.25) is 0 Å². The summed E-state index contributed by atoms with van der Waals surface area (Å²) in [6.07, 6.45) is 0.189. The Hall–Kier alpha value is -1.55. The molecular formula is C13H11IN2O2. The molecule has 4 nitrogen and oxygen atoms in total. The number of nitrogens with zero attached hydrogens (tertiary/aromatic N) is 1. The number of ether oxygens (including phenoxy) is 1. The second kappa shape index (κ2) is 5.40. The van der Waals surface area contributed by atoms with E-state index in [0.29, 0.717) is 17.9 Å². The molecule has 2 rings (SSSR count). The van der Waals surface area contributed by atoms with Crippen molar-refractivity contribution in [2.45, 2.75) is 13.3 Å². The van der Waals surface area contributed by atoms with Crippen molar-refractivity contribution >= 4 is 39.5 Å². The molecule has 0 unspecified atom stereocenters. The van der Waals surface area contributed by atoms with Crippen molar-refractivity contribution < 1.29 is 9.53 Å². The molecule has 0 spiro atoms. The lowest BCUT2D eigenvalue weighted by molar-refractivity contribution is 0.0519. The Morgan fingerprint density at radius 3 is 3.00 bits per heavy atom. The molecule has 1 N–H and O–H groups in total. The number of nitriles is 1. The monoisotopic (exact) mass is 354 g/mol. The van der Waals surface area contributed by atoms with Gasteiger partial charge in [-0.1, -0.05) is 6.07 Å². The van der Waals surface area contributed by atoms with Crippen LogP contribution >= 0.6 is 22.6 Å². The number of hydrogen-bond donors (Lipinski definition) is 1. The molecule has 0 radical (unpaired) electrons. The summed E-state index contributed by atoms with van der Waals surface area (Å²) in [5.74, 6) is -0.408. The van der Waals surface area contributed by atoms with Crippen LogP contribution in [-0.2, 0) is 11.2 Å². The Morgan fingerprint density at radius 2 is 2.33 bits per heavy atom. The maximum Gasteiger partial charge on any atom is 0.355 e. The highest BCUT2D eigenvalue weighted by Gasteiger charge is 2.18. The molecule has 0 aliphatic heterocycles. The first-order chi connectivity index (χ1) is 8.67. The van der Waals surface area contributed by atoms with Crippen LogP contribution in [0.4, 0.5) is 0 Å². The summed E-state index contributed by atoms with van der Waals surface area (Å²) in [5.41, 5.74) is 1.95. The first kappa shape index (κ1) is 12.9. The van der Waals surface area contributed by atoms with Crippen LogP contribution in [0.3, 0.4) is 0 Å². The van der Waals surface area contributed by atoms with Crippen molar-refractivity contribution in [2.75, 3.05) is 6.61 Å². The van der Waals surface area contributed by atoms with Crippen LogP contribution in [0.5, 0.6) is 0 Å². The van der Waals surface area contributed by atoms with Crippen molar-refractivity contribution in [3.8, 4) is 6.07 Å². The number of halogens is 1. The predicted octanol–water partition coefficient (Wildman–Crippen LogP) is 3.02. The van der Waals surface area contributed by atoms with Crippen molar-refractivity contribution in [3.05, 3.63) is 33.0 Å². The van der Waals surface area contributed by atoms with Gasteiger partial charge in [0.2, 0.25) is 0 Å². The van der Waals surface area contributed by atoms with Crippen molar-refractivity contribution in [3.63, 3.8) is 0 Å². The maximum absolute atomic E-state index is 11.8. The largest absolute Gasteiger partial charge is 0.461 e. The summed E-state index contributed by atoms with van der Waals surface area (Å²) < 4.78 is 6.06. The first-order valence-corrected chi connectivity index (χ1v) is 6.59. The summed E-state index contributed by atoms with van der Waals surface area (Å²) >= 11 is 2.20. The molecule has 0 aliphatic carbocycles. The van der Waals surface area contributed by atoms with Crippen molar-refractivity contribution in [1.82, 2.24) is 4.98 Å². The molecule has 0 saturated heterocycles. The molecule has 1 aromatic heterocycles. The van der Waals surface area contributed by atoms with E-state index in [1.165, 1.54) is 0 Å². The third-order valence-corrected chi connectivity index (χ3v) is 3.27. The number of H-pyrrole nitrogens is 1. The van der Waals surface area contributed by atoms with Gasteiger partial charge < -0.3 is 9.72 Å². The molecule has 0 saturated carbocycles. The van der Waals surface area contributed by atoms with Gasteiger partial charge in [0.25, 0.3) is 0 Å². The Labute approximate surface area is 118 Å². The number of carbonyl (C=O) groups excluding carboxylic acids is 1. The zero-order chi connectivity index (χ0) is 13.1. The van der Waals surface area contributed by atoms with Crippen LogP contribution in [0.1, 0.15) is 23.0 Å². The van der Waals surface area contributed by atoms with Gasteiger partial charge in [-0.05, 0) is 41.6 Å². The van der Waals surface area contributed by atoms with Gasteiger partial charge in [0.05, 0.1) is 19.1 Å². The normalized spacial score (nSPS) is 10.3. The number of aromatic amines is 1. The first-order valence-electron chi connectivity index (χ1n) is 5.51. The van der Waals surface area contributed by atoms with Crippen molar-refractivity contribution in [2.24, 2.45) is 0 Å². The van der Waals surface area contributed by atoms with E-state index < -0.39 is 5.97 Å². The van der Waals surface area contributed by atoms with Gasteiger partial charge in [0.15, 0.2) is 0 Å². The number of benzene rings is 1. The molecule has 0 amide bonds. The number of aromatic nitrogens is 1. The SMILES string of the molecule is CCOC(=O)c1[nH]c2cc(I)ccc2c1CC#N. The summed E-state index contributed by atoms with van der Waals surface area (Å²) in [5, 5.41) is 9.77. The zero-order valence-electron chi connectivity index (χ0n) is 9.79. The lowest BCUT2D eigenvalue weighted by Gasteiger charge is -2.00. The van der Waals surface area contributed by atoms with Gasteiger partial charge in [-0.25, -0.2) is 4.79 Å². The van der Waals surface area contributed by atoms with Gasteiger partial charge in [0.1, 0.15) is 5.69 Å². The number of fused-ring (bicyclic) bond motifs is 1. The van der Waals surface area contributed by atoms with Gasteiger partial charge in [0, 0.05) is 20.0 Å². The molecule has 0 atom stereocenters. The van der Waals surface area contributed by atoms with Crippen LogP contribution in [0.15, 0.2) is 18.2 Å². The van der Waals surface area contributed by atoms with E-state index in [9.17, 15) is 4.79 Å². The fourth-order valence-electron chi connectivity index (χ4n) is 1.87. The third kappa shape index (κ3) is 2.34. The Balaban J connectivity index is 2.61. The molecular weight excluding hydrogens is 343 g/mol. The van der Waals surface area contributed by atoms with Gasteiger partial charge in [-0.2, -0.15) is 5.26 Å². The minimum atomic E-state index is -0.408. The van der Waals surface area contributed by atoms with E-state index in [4.69, 9.17) is 10.00 Å². The van der Waals surface area contributed by atoms with Crippen LogP contribution in [0.25, 0.3) is 10.9 Å². The Kier molecular flexibility index (Phi) is 3.87. The van der Waals surface area contributed by atoms with Crippen LogP contribution in [0, 0.1) is 14.9 Å². The standard InChI is InChI=1S/C13H11IN2O2/c1-2-18-13(17)12-10(5-6-15)9-4-3-8(14)7-11(9)16-12/h3-4,7,16H,2,5H2,1H3. The van der Waals surface area contributed by atoms with E-state index in [1.807, 2.05) is 18.2 Å². The number of rotatable bonds is 3. The second-order valence-corrected chi connectivity index (χ2v) is 4.97. The summed E-state index contributed by atoms with van der Waals surface area (Å²) in [7, 11) is 0. The minimum absolute atomic E-state index is 0.189. The molecule has 2 aromatic rings. The molecule has 92 valence electrons. The molecule has 0 bridgehead atoms. The fourth-order valence-corrected chi connectivity index (χ4v) is 2.36. The number of hydrogen-bond acceptors (Lipinski definition) is 3. The Morgan fingerprint density at radius 1 is 1.56 bits per heavy atom. The molecule has 18 heavy (non-hydrogen) atoms. The predicted molar refractivity (Wildman–Crippen MR) is 76.3 cm³/mol. The van der Waals surface area contributed by atoms with E-state index in [0.717, 1.165) is 14.5 Å². The van der Waals surface area contributed by atoms with Crippen LogP contribution in [-0.4, -0.2) is 17.6 Å². The number of nitrogens with one attached hydrogen (secondary N) is 1. The van der Waals surface area contributed by atoms with Crippen molar-refractivity contribution in [1.29, 1.82) is 5.26 Å². The molecule has 1 aromatic carbocycles. The van der Waals surface area contributed by atoms with E-state index in [1.54, 1.807) is 6.92 Å². The second-order valence-electron chi connectivity index (χ2n) is 3.72. The molecule has 0 fully saturated rings. The van der Waals surface area contributed by atoms with Gasteiger partial charge >= 0.3 is 5.97 Å². The highest BCUT2D eigenvalue weighted by molar-refractivity contribution is 14.1.